The summed E-state index contributed by atoms with van der Waals surface area (Å²) < 4.78 is 21.0. The quantitative estimate of drug-likeness (QED) is 0.269. The van der Waals surface area contributed by atoms with Gasteiger partial charge in [0.2, 0.25) is 12.6 Å². The lowest BCUT2D eigenvalue weighted by molar-refractivity contribution is -0.340. The summed E-state index contributed by atoms with van der Waals surface area (Å²) in [7, 11) is 0. The van der Waals surface area contributed by atoms with Crippen LogP contribution in [0.1, 0.15) is 6.42 Å². The highest BCUT2D eigenvalue weighted by molar-refractivity contribution is 5.89. The summed E-state index contributed by atoms with van der Waals surface area (Å²) >= 11 is 0. The van der Waals surface area contributed by atoms with Gasteiger partial charge in [-0.2, -0.15) is 0 Å². The maximum Gasteiger partial charge on any atom is 0.339 e. The molecule has 3 rings (SSSR count). The molecule has 2 fully saturated rings. The van der Waals surface area contributed by atoms with E-state index in [0.717, 1.165) is 6.26 Å². The first-order chi connectivity index (χ1) is 12.4. The zero-order chi connectivity index (χ0) is 19.0. The van der Waals surface area contributed by atoms with Crippen molar-refractivity contribution in [1.82, 2.24) is 0 Å². The van der Waals surface area contributed by atoms with Gasteiger partial charge in [-0.3, -0.25) is 0 Å². The van der Waals surface area contributed by atoms with E-state index in [2.05, 4.69) is 6.58 Å². The van der Waals surface area contributed by atoms with Crippen molar-refractivity contribution in [3.8, 4) is 0 Å². The van der Waals surface area contributed by atoms with Crippen LogP contribution in [0.15, 0.2) is 24.5 Å². The van der Waals surface area contributed by atoms with Gasteiger partial charge < -0.3 is 44.5 Å². The summed E-state index contributed by atoms with van der Waals surface area (Å²) in [6.07, 6.45) is -6.75. The van der Waals surface area contributed by atoms with Crippen LogP contribution in [-0.4, -0.2) is 81.4 Å². The molecule has 0 aromatic rings. The van der Waals surface area contributed by atoms with E-state index in [1.807, 2.05) is 0 Å². The predicted molar refractivity (Wildman–Crippen MR) is 81.7 cm³/mol. The highest BCUT2D eigenvalue weighted by Crippen LogP contribution is 2.39. The Bertz CT molecular complexity index is 575. The number of fused-ring (bicyclic) bond motifs is 1. The van der Waals surface area contributed by atoms with Crippen molar-refractivity contribution in [2.75, 3.05) is 6.61 Å². The summed E-state index contributed by atoms with van der Waals surface area (Å²) in [5.41, 5.74) is 0.230. The van der Waals surface area contributed by atoms with E-state index in [-0.39, 0.29) is 12.0 Å². The Morgan fingerprint density at radius 2 is 1.92 bits per heavy atom. The van der Waals surface area contributed by atoms with Crippen molar-refractivity contribution >= 4 is 5.97 Å². The van der Waals surface area contributed by atoms with Crippen LogP contribution in [0, 0.1) is 11.8 Å². The zero-order valence-corrected chi connectivity index (χ0v) is 13.7. The van der Waals surface area contributed by atoms with Gasteiger partial charge in [0.25, 0.3) is 0 Å². The van der Waals surface area contributed by atoms with Gasteiger partial charge in [-0.1, -0.05) is 6.08 Å². The van der Waals surface area contributed by atoms with Crippen molar-refractivity contribution in [1.29, 1.82) is 0 Å². The Kier molecular flexibility index (Phi) is 5.63. The summed E-state index contributed by atoms with van der Waals surface area (Å²) in [5.74, 6) is -1.76. The van der Waals surface area contributed by atoms with E-state index in [1.54, 1.807) is 0 Å². The standard InChI is InChI=1S/C16H22O10/c1-2-6-7-3-10(18)25-14(22)8(7)5-23-15(6)26-16-13(21)12(20)11(19)9(4-17)24-16/h2,5-7,9-13,15-21H,1,3-4H2/t6-,7+,9-,10-,11-,12+,13-,15+,16+/m1/s1. The lowest BCUT2D eigenvalue weighted by Gasteiger charge is -2.43. The van der Waals surface area contributed by atoms with Crippen molar-refractivity contribution < 1.29 is 49.3 Å². The lowest BCUT2D eigenvalue weighted by Crippen LogP contribution is -2.60. The fourth-order valence-electron chi connectivity index (χ4n) is 3.37. The molecule has 26 heavy (non-hydrogen) atoms. The number of aliphatic hydroxyl groups excluding tert-OH is 5. The SMILES string of the molecule is C=C[C@H]1[C@H](O[C@@H]2O[C@H](CO)[C@@H](O)[C@H](O)[C@H]2O)OC=C2C(=O)O[C@@H](O)C[C@H]21. The van der Waals surface area contributed by atoms with E-state index in [4.69, 9.17) is 18.9 Å². The smallest absolute Gasteiger partial charge is 0.339 e. The Labute approximate surface area is 148 Å². The molecule has 0 radical (unpaired) electrons. The van der Waals surface area contributed by atoms with Gasteiger partial charge in [-0.05, 0) is 0 Å². The topological polar surface area (TPSA) is 155 Å². The van der Waals surface area contributed by atoms with Crippen LogP contribution in [0.4, 0.5) is 0 Å². The summed E-state index contributed by atoms with van der Waals surface area (Å²) in [6, 6.07) is 0. The molecule has 3 aliphatic heterocycles. The minimum atomic E-state index is -1.59. The molecule has 0 unspecified atom stereocenters. The number of hydrogen-bond acceptors (Lipinski definition) is 10. The lowest BCUT2D eigenvalue weighted by atomic mass is 9.80. The third-order valence-electron chi connectivity index (χ3n) is 4.83. The van der Waals surface area contributed by atoms with Crippen LogP contribution in [0.2, 0.25) is 0 Å². The molecule has 5 N–H and O–H groups in total. The predicted octanol–water partition coefficient (Wildman–Crippen LogP) is -2.27. The van der Waals surface area contributed by atoms with Crippen molar-refractivity contribution in [3.05, 3.63) is 24.5 Å². The van der Waals surface area contributed by atoms with E-state index >= 15 is 0 Å². The fraction of sp³-hybridized carbons (Fsp3) is 0.688. The number of esters is 1. The Hall–Kier alpha value is -1.53. The maximum atomic E-state index is 11.9. The van der Waals surface area contributed by atoms with Gasteiger partial charge in [0.05, 0.1) is 18.4 Å². The Balaban J connectivity index is 1.77. The van der Waals surface area contributed by atoms with Crippen LogP contribution in [0.3, 0.4) is 0 Å². The fourth-order valence-corrected chi connectivity index (χ4v) is 3.37. The second-order valence-corrected chi connectivity index (χ2v) is 6.43. The van der Waals surface area contributed by atoms with E-state index in [0.29, 0.717) is 0 Å². The number of cyclic esters (lactones) is 1. The molecule has 0 aliphatic carbocycles. The molecule has 3 heterocycles. The summed E-state index contributed by atoms with van der Waals surface area (Å²) in [6.45, 7) is 3.10. The molecule has 0 amide bonds. The van der Waals surface area contributed by atoms with Crippen molar-refractivity contribution in [2.45, 2.75) is 49.7 Å². The van der Waals surface area contributed by atoms with Crippen LogP contribution < -0.4 is 0 Å². The molecule has 0 spiro atoms. The third kappa shape index (κ3) is 3.37. The molecule has 0 saturated carbocycles. The van der Waals surface area contributed by atoms with E-state index in [1.165, 1.54) is 6.08 Å². The third-order valence-corrected chi connectivity index (χ3v) is 4.83. The first kappa shape index (κ1) is 19.2. The zero-order valence-electron chi connectivity index (χ0n) is 13.7. The second kappa shape index (κ2) is 7.61. The van der Waals surface area contributed by atoms with Crippen LogP contribution in [0.25, 0.3) is 0 Å². The summed E-state index contributed by atoms with van der Waals surface area (Å²) in [4.78, 5) is 11.9. The average molecular weight is 374 g/mol. The first-order valence-electron chi connectivity index (χ1n) is 8.20. The normalized spacial score (nSPS) is 45.8. The van der Waals surface area contributed by atoms with Gasteiger partial charge in [-0.15, -0.1) is 6.58 Å². The van der Waals surface area contributed by atoms with Gasteiger partial charge in [0.15, 0.2) is 6.29 Å². The van der Waals surface area contributed by atoms with Crippen LogP contribution >= 0.6 is 0 Å². The monoisotopic (exact) mass is 374 g/mol. The maximum absolute atomic E-state index is 11.9. The average Bonchev–Trinajstić information content (AvgIpc) is 2.61. The molecule has 0 aromatic heterocycles. The number of hydrogen-bond donors (Lipinski definition) is 5. The molecule has 10 heteroatoms. The molecule has 3 aliphatic rings. The number of ether oxygens (including phenoxy) is 4. The molecule has 0 aromatic carbocycles. The minimum Gasteiger partial charge on any atom is -0.471 e. The van der Waals surface area contributed by atoms with Gasteiger partial charge in [-0.25, -0.2) is 4.79 Å². The number of carbonyl (C=O) groups is 1. The van der Waals surface area contributed by atoms with Crippen molar-refractivity contribution in [3.63, 3.8) is 0 Å². The molecule has 10 nitrogen and oxygen atoms in total. The van der Waals surface area contributed by atoms with Gasteiger partial charge in [0, 0.05) is 18.3 Å². The van der Waals surface area contributed by atoms with Crippen LogP contribution in [-0.2, 0) is 23.7 Å². The number of carbonyl (C=O) groups excluding carboxylic acids is 1. The molecule has 9 atom stereocenters. The highest BCUT2D eigenvalue weighted by atomic mass is 16.8. The summed E-state index contributed by atoms with van der Waals surface area (Å²) in [5, 5.41) is 48.6. The van der Waals surface area contributed by atoms with Gasteiger partial charge >= 0.3 is 5.97 Å². The number of aliphatic hydroxyl groups is 5. The molecular weight excluding hydrogens is 352 g/mol. The molecule has 146 valence electrons. The number of rotatable bonds is 4. The molecular formula is C16H22O10. The largest absolute Gasteiger partial charge is 0.471 e. The first-order valence-corrected chi connectivity index (χ1v) is 8.20. The molecule has 2 saturated heterocycles. The highest BCUT2D eigenvalue weighted by Gasteiger charge is 2.48. The van der Waals surface area contributed by atoms with Gasteiger partial charge in [0.1, 0.15) is 24.4 Å². The molecule has 0 bridgehead atoms. The Morgan fingerprint density at radius 3 is 2.58 bits per heavy atom. The van der Waals surface area contributed by atoms with E-state index in [9.17, 15) is 30.3 Å². The van der Waals surface area contributed by atoms with E-state index < -0.39 is 67.7 Å². The Morgan fingerprint density at radius 1 is 1.19 bits per heavy atom. The minimum absolute atomic E-state index is 0.117. The van der Waals surface area contributed by atoms with Crippen molar-refractivity contribution in [2.24, 2.45) is 11.8 Å². The second-order valence-electron chi connectivity index (χ2n) is 6.43. The van der Waals surface area contributed by atoms with Crippen LogP contribution in [0.5, 0.6) is 0 Å².